The van der Waals surface area contributed by atoms with Gasteiger partial charge in [-0.1, -0.05) is 11.3 Å². The van der Waals surface area contributed by atoms with Crippen LogP contribution in [0.3, 0.4) is 0 Å². The number of amides is 2. The number of rotatable bonds is 13. The van der Waals surface area contributed by atoms with Crippen LogP contribution >= 0.6 is 11.3 Å². The van der Waals surface area contributed by atoms with Crippen molar-refractivity contribution in [2.75, 3.05) is 45.4 Å². The third-order valence-electron chi connectivity index (χ3n) is 3.94. The molecular formula is C18H27N5O4S. The van der Waals surface area contributed by atoms with Crippen LogP contribution in [0.1, 0.15) is 28.9 Å². The molecule has 2 aromatic heterocycles. The molecule has 28 heavy (non-hydrogen) atoms. The van der Waals surface area contributed by atoms with E-state index >= 15 is 0 Å². The van der Waals surface area contributed by atoms with Gasteiger partial charge in [0.15, 0.2) is 5.13 Å². The van der Waals surface area contributed by atoms with Crippen LogP contribution in [0, 0.1) is 0 Å². The standard InChI is InChI=1S/C18H27N5O4S/c1-26-11-4-9-23(16(24)5-12-27-2)18-21-13-15(28-18)17(25)20-6-3-8-22-10-7-19-14-22/h7,10,13-14H,3-6,8-9,11-12H2,1-2H3,(H,20,25). The summed E-state index contributed by atoms with van der Waals surface area (Å²) in [5.74, 6) is -0.268. The molecule has 2 amide bonds. The molecule has 2 rings (SSSR count). The van der Waals surface area contributed by atoms with E-state index in [-0.39, 0.29) is 18.2 Å². The highest BCUT2D eigenvalue weighted by molar-refractivity contribution is 7.17. The van der Waals surface area contributed by atoms with Gasteiger partial charge in [0, 0.05) is 52.9 Å². The Bertz CT molecular complexity index is 719. The van der Waals surface area contributed by atoms with Crippen molar-refractivity contribution >= 4 is 28.3 Å². The van der Waals surface area contributed by atoms with Crippen LogP contribution in [-0.4, -0.2) is 66.9 Å². The van der Waals surface area contributed by atoms with Crippen LogP contribution in [0.5, 0.6) is 0 Å². The minimum absolute atomic E-state index is 0.0837. The molecule has 0 aromatic carbocycles. The molecule has 0 fully saturated rings. The number of carbonyl (C=O) groups excluding carboxylic acids is 2. The Morgan fingerprint density at radius 1 is 1.25 bits per heavy atom. The molecule has 9 nitrogen and oxygen atoms in total. The number of aromatic nitrogens is 3. The summed E-state index contributed by atoms with van der Waals surface area (Å²) >= 11 is 1.21. The van der Waals surface area contributed by atoms with Crippen molar-refractivity contribution in [1.29, 1.82) is 0 Å². The lowest BCUT2D eigenvalue weighted by molar-refractivity contribution is -0.119. The summed E-state index contributed by atoms with van der Waals surface area (Å²) in [5, 5.41) is 3.40. The first kappa shape index (κ1) is 22.0. The Hall–Kier alpha value is -2.30. The van der Waals surface area contributed by atoms with Gasteiger partial charge in [0.1, 0.15) is 4.88 Å². The van der Waals surface area contributed by atoms with Gasteiger partial charge < -0.3 is 19.4 Å². The predicted octanol–water partition coefficient (Wildman–Crippen LogP) is 1.57. The summed E-state index contributed by atoms with van der Waals surface area (Å²) in [7, 11) is 3.18. The van der Waals surface area contributed by atoms with Crippen LogP contribution in [0.15, 0.2) is 24.9 Å². The van der Waals surface area contributed by atoms with E-state index in [0.717, 1.165) is 13.0 Å². The molecule has 10 heteroatoms. The largest absolute Gasteiger partial charge is 0.385 e. The number of carbonyl (C=O) groups is 2. The van der Waals surface area contributed by atoms with Gasteiger partial charge in [0.05, 0.1) is 25.6 Å². The fourth-order valence-electron chi connectivity index (χ4n) is 2.48. The molecule has 0 aliphatic carbocycles. The van der Waals surface area contributed by atoms with Gasteiger partial charge in [-0.2, -0.15) is 0 Å². The summed E-state index contributed by atoms with van der Waals surface area (Å²) < 4.78 is 12.0. The van der Waals surface area contributed by atoms with E-state index in [4.69, 9.17) is 9.47 Å². The van der Waals surface area contributed by atoms with E-state index in [1.165, 1.54) is 17.5 Å². The number of hydrogen-bond acceptors (Lipinski definition) is 7. The first-order chi connectivity index (χ1) is 13.7. The molecule has 0 unspecified atom stereocenters. The molecule has 0 atom stereocenters. The summed E-state index contributed by atoms with van der Waals surface area (Å²) in [6.45, 7) is 2.71. The van der Waals surface area contributed by atoms with Crippen molar-refractivity contribution in [2.45, 2.75) is 25.8 Å². The molecule has 0 radical (unpaired) electrons. The average molecular weight is 410 g/mol. The van der Waals surface area contributed by atoms with Crippen LogP contribution in [0.4, 0.5) is 5.13 Å². The van der Waals surface area contributed by atoms with E-state index in [1.807, 2.05) is 10.8 Å². The highest BCUT2D eigenvalue weighted by atomic mass is 32.1. The Morgan fingerprint density at radius 3 is 2.79 bits per heavy atom. The quantitative estimate of drug-likeness (QED) is 0.504. The van der Waals surface area contributed by atoms with E-state index in [0.29, 0.717) is 42.7 Å². The summed E-state index contributed by atoms with van der Waals surface area (Å²) in [5.41, 5.74) is 0. The topological polar surface area (TPSA) is 98.6 Å². The van der Waals surface area contributed by atoms with Crippen LogP contribution < -0.4 is 10.2 Å². The van der Waals surface area contributed by atoms with E-state index < -0.39 is 0 Å². The predicted molar refractivity (Wildman–Crippen MR) is 107 cm³/mol. The molecule has 1 N–H and O–H groups in total. The fourth-order valence-corrected chi connectivity index (χ4v) is 3.36. The van der Waals surface area contributed by atoms with E-state index in [9.17, 15) is 9.59 Å². The SMILES string of the molecule is COCCCN(C(=O)CCOC)c1ncc(C(=O)NCCCn2ccnc2)s1. The van der Waals surface area contributed by atoms with Crippen molar-refractivity contribution in [3.63, 3.8) is 0 Å². The molecule has 0 saturated heterocycles. The van der Waals surface area contributed by atoms with Crippen molar-refractivity contribution in [3.05, 3.63) is 29.8 Å². The van der Waals surface area contributed by atoms with Gasteiger partial charge in [-0.05, 0) is 12.8 Å². The fraction of sp³-hybridized carbons (Fsp3) is 0.556. The second kappa shape index (κ2) is 12.2. The van der Waals surface area contributed by atoms with Gasteiger partial charge >= 0.3 is 0 Å². The van der Waals surface area contributed by atoms with Gasteiger partial charge in [0.25, 0.3) is 5.91 Å². The first-order valence-corrected chi connectivity index (χ1v) is 9.95. The Kier molecular flexibility index (Phi) is 9.60. The second-order valence-electron chi connectivity index (χ2n) is 6.05. The summed E-state index contributed by atoms with van der Waals surface area (Å²) in [6, 6.07) is 0. The minimum atomic E-state index is -0.185. The number of nitrogens with one attached hydrogen (secondary N) is 1. The highest BCUT2D eigenvalue weighted by Crippen LogP contribution is 2.23. The lowest BCUT2D eigenvalue weighted by Crippen LogP contribution is -2.33. The zero-order valence-electron chi connectivity index (χ0n) is 16.3. The zero-order valence-corrected chi connectivity index (χ0v) is 17.1. The number of aryl methyl sites for hydroxylation is 1. The number of ether oxygens (including phenoxy) is 2. The molecule has 0 saturated carbocycles. The molecule has 2 aromatic rings. The molecule has 0 aliphatic heterocycles. The van der Waals surface area contributed by atoms with E-state index in [1.54, 1.807) is 31.6 Å². The Morgan fingerprint density at radius 2 is 2.07 bits per heavy atom. The molecule has 2 heterocycles. The lowest BCUT2D eigenvalue weighted by Gasteiger charge is -2.19. The second-order valence-corrected chi connectivity index (χ2v) is 7.06. The first-order valence-electron chi connectivity index (χ1n) is 9.13. The zero-order chi connectivity index (χ0) is 20.2. The van der Waals surface area contributed by atoms with Crippen molar-refractivity contribution < 1.29 is 19.1 Å². The van der Waals surface area contributed by atoms with Gasteiger partial charge in [0.2, 0.25) is 5.91 Å². The highest BCUT2D eigenvalue weighted by Gasteiger charge is 2.20. The molecule has 154 valence electrons. The van der Waals surface area contributed by atoms with Crippen molar-refractivity contribution in [2.24, 2.45) is 0 Å². The smallest absolute Gasteiger partial charge is 0.263 e. The third-order valence-corrected chi connectivity index (χ3v) is 4.96. The lowest BCUT2D eigenvalue weighted by atomic mass is 10.3. The number of nitrogens with zero attached hydrogens (tertiary/aromatic N) is 4. The average Bonchev–Trinajstić information content (AvgIpc) is 3.38. The number of hydrogen-bond donors (Lipinski definition) is 1. The molecule has 0 spiro atoms. The summed E-state index contributed by atoms with van der Waals surface area (Å²) in [4.78, 5) is 35.1. The molecule has 0 bridgehead atoms. The molecule has 0 aliphatic rings. The van der Waals surface area contributed by atoms with E-state index in [2.05, 4.69) is 15.3 Å². The van der Waals surface area contributed by atoms with Gasteiger partial charge in [-0.15, -0.1) is 0 Å². The number of anilines is 1. The maximum Gasteiger partial charge on any atom is 0.263 e. The van der Waals surface area contributed by atoms with Crippen LogP contribution in [0.2, 0.25) is 0 Å². The molecular weight excluding hydrogens is 382 g/mol. The number of thiazole rings is 1. The van der Waals surface area contributed by atoms with Gasteiger partial charge in [-0.3, -0.25) is 14.5 Å². The van der Waals surface area contributed by atoms with Crippen molar-refractivity contribution in [3.8, 4) is 0 Å². The minimum Gasteiger partial charge on any atom is -0.385 e. The van der Waals surface area contributed by atoms with Gasteiger partial charge in [-0.25, -0.2) is 9.97 Å². The monoisotopic (exact) mass is 409 g/mol. The Labute approximate surface area is 168 Å². The maximum atomic E-state index is 12.5. The number of methoxy groups -OCH3 is 2. The Balaban J connectivity index is 1.89. The summed E-state index contributed by atoms with van der Waals surface area (Å²) in [6.07, 6.45) is 8.61. The van der Waals surface area contributed by atoms with Crippen molar-refractivity contribution in [1.82, 2.24) is 19.9 Å². The van der Waals surface area contributed by atoms with Crippen LogP contribution in [0.25, 0.3) is 0 Å². The maximum absolute atomic E-state index is 12.5. The third kappa shape index (κ3) is 7.02. The van der Waals surface area contributed by atoms with Crippen LogP contribution in [-0.2, 0) is 20.8 Å². The number of imidazole rings is 1. The normalized spacial score (nSPS) is 10.8.